The SMILES string of the molecule is CCCCc1ccc2c(oc3ccccc32)c1N1c2ccc(-c3ccccc3)cc2B2c3ccc(-n4c5ccccc5c5ccccc54)cc3Oc3cc(C(C)(C)C)cc1c32. The number of unbranched alkanes of at least 4 members (excludes halogenated alkanes) is 1. The number of ether oxygens (including phenoxy) is 1. The molecule has 0 atom stereocenters. The van der Waals surface area contributed by atoms with Gasteiger partial charge < -0.3 is 18.6 Å². The third-order valence-corrected chi connectivity index (χ3v) is 13.2. The maximum Gasteiger partial charge on any atom is 0.256 e. The van der Waals surface area contributed by atoms with Crippen LogP contribution in [0.15, 0.2) is 168 Å². The fraction of sp³-hybridized carbons (Fsp3) is 0.143. The van der Waals surface area contributed by atoms with Gasteiger partial charge >= 0.3 is 0 Å². The highest BCUT2D eigenvalue weighted by Gasteiger charge is 2.44. The zero-order valence-corrected chi connectivity index (χ0v) is 35.0. The van der Waals surface area contributed by atoms with Crippen LogP contribution in [0.5, 0.6) is 11.5 Å². The molecule has 0 amide bonds. The van der Waals surface area contributed by atoms with Gasteiger partial charge in [0.05, 0.1) is 16.7 Å². The summed E-state index contributed by atoms with van der Waals surface area (Å²) in [6.45, 7) is 9.11. The van der Waals surface area contributed by atoms with E-state index < -0.39 is 0 Å². The number of para-hydroxylation sites is 3. The molecule has 4 nitrogen and oxygen atoms in total. The Morgan fingerprint density at radius 1 is 0.574 bits per heavy atom. The Kier molecular flexibility index (Phi) is 7.96. The number of furan rings is 1. The van der Waals surface area contributed by atoms with Crippen molar-refractivity contribution in [2.45, 2.75) is 52.4 Å². The Hall–Kier alpha value is -6.98. The van der Waals surface area contributed by atoms with Crippen molar-refractivity contribution in [2.24, 2.45) is 0 Å². The van der Waals surface area contributed by atoms with Crippen LogP contribution < -0.4 is 26.0 Å². The Balaban J connectivity index is 1.15. The second kappa shape index (κ2) is 13.5. The number of hydrogen-bond acceptors (Lipinski definition) is 3. The van der Waals surface area contributed by atoms with Gasteiger partial charge in [0, 0.05) is 44.7 Å². The third-order valence-electron chi connectivity index (χ3n) is 13.2. The van der Waals surface area contributed by atoms with Crippen LogP contribution in [-0.2, 0) is 11.8 Å². The molecule has 0 bridgehead atoms. The molecule has 5 heteroatoms. The second-order valence-electron chi connectivity index (χ2n) is 17.9. The molecule has 10 aromatic rings. The molecule has 2 aromatic heterocycles. The number of rotatable bonds is 6. The van der Waals surface area contributed by atoms with Crippen molar-refractivity contribution in [3.05, 3.63) is 175 Å². The fourth-order valence-corrected chi connectivity index (χ4v) is 10.2. The molecule has 0 unspecified atom stereocenters. The monoisotopic (exact) mass is 788 g/mol. The van der Waals surface area contributed by atoms with E-state index in [1.165, 1.54) is 66.1 Å². The summed E-state index contributed by atoms with van der Waals surface area (Å²) in [7, 11) is 0. The number of benzene rings is 8. The van der Waals surface area contributed by atoms with Crippen molar-refractivity contribution >= 4 is 83.9 Å². The van der Waals surface area contributed by atoms with E-state index >= 15 is 0 Å². The third kappa shape index (κ3) is 5.46. The first-order valence-corrected chi connectivity index (χ1v) is 21.8. The van der Waals surface area contributed by atoms with Crippen molar-refractivity contribution in [1.29, 1.82) is 0 Å². The molecule has 8 aromatic carbocycles. The van der Waals surface area contributed by atoms with E-state index in [0.717, 1.165) is 69.8 Å². The first-order chi connectivity index (χ1) is 29.9. The van der Waals surface area contributed by atoms with Gasteiger partial charge in [-0.2, -0.15) is 0 Å². The summed E-state index contributed by atoms with van der Waals surface area (Å²) in [5, 5.41) is 4.76. The van der Waals surface area contributed by atoms with E-state index in [1.54, 1.807) is 0 Å². The Bertz CT molecular complexity index is 3330. The maximum absolute atomic E-state index is 7.30. The van der Waals surface area contributed by atoms with Crippen molar-refractivity contribution in [1.82, 2.24) is 4.57 Å². The number of fused-ring (bicyclic) bond motifs is 10. The van der Waals surface area contributed by atoms with Crippen molar-refractivity contribution in [3.63, 3.8) is 0 Å². The highest BCUT2D eigenvalue weighted by atomic mass is 16.5. The topological polar surface area (TPSA) is 30.5 Å². The summed E-state index contributed by atoms with van der Waals surface area (Å²) >= 11 is 0. The quantitative estimate of drug-likeness (QED) is 0.157. The van der Waals surface area contributed by atoms with Crippen molar-refractivity contribution in [2.75, 3.05) is 4.90 Å². The van der Waals surface area contributed by atoms with E-state index in [4.69, 9.17) is 9.15 Å². The molecule has 294 valence electrons. The van der Waals surface area contributed by atoms with Crippen LogP contribution in [0.4, 0.5) is 17.1 Å². The first kappa shape index (κ1) is 35.9. The normalized spacial score (nSPS) is 13.2. The molecule has 0 fully saturated rings. The molecule has 0 radical (unpaired) electrons. The summed E-state index contributed by atoms with van der Waals surface area (Å²) < 4.78 is 16.7. The van der Waals surface area contributed by atoms with Crippen LogP contribution in [0.2, 0.25) is 0 Å². The fourth-order valence-electron chi connectivity index (χ4n) is 10.2. The summed E-state index contributed by atoms with van der Waals surface area (Å²) in [5.74, 6) is 1.80. The van der Waals surface area contributed by atoms with E-state index in [0.29, 0.717) is 0 Å². The van der Waals surface area contributed by atoms with Crippen LogP contribution in [0.3, 0.4) is 0 Å². The molecule has 0 N–H and O–H groups in total. The minimum absolute atomic E-state index is 0.0705. The summed E-state index contributed by atoms with van der Waals surface area (Å²) in [6, 6.07) is 60.0. The number of aromatic nitrogens is 1. The highest BCUT2D eigenvalue weighted by Crippen LogP contribution is 2.49. The molecule has 0 saturated carbocycles. The molecule has 2 aliphatic rings. The van der Waals surface area contributed by atoms with Crippen molar-refractivity contribution < 1.29 is 9.15 Å². The van der Waals surface area contributed by atoms with Crippen LogP contribution in [0, 0.1) is 0 Å². The van der Waals surface area contributed by atoms with Crippen molar-refractivity contribution in [3.8, 4) is 28.3 Å². The standard InChI is InChI=1S/C56H45BN2O2/c1-5-6-16-36-25-28-43-42-21-12-15-24-50(42)61-55(43)54(36)59-48-30-26-37(35-17-8-7-9-18-35)31-45(48)57-44-29-27-39(58-46-22-13-10-19-40(46)41-20-11-14-23-47(41)58)34-51(44)60-52-33-38(56(2,3)4)32-49(59)53(52)57/h7-15,17-34H,5-6,16H2,1-4H3. The van der Waals surface area contributed by atoms with E-state index in [-0.39, 0.29) is 12.1 Å². The molecule has 4 heterocycles. The molecule has 0 saturated heterocycles. The zero-order chi connectivity index (χ0) is 41.0. The second-order valence-corrected chi connectivity index (χ2v) is 17.9. The van der Waals surface area contributed by atoms with Gasteiger partial charge in [-0.1, -0.05) is 149 Å². The number of anilines is 3. The van der Waals surface area contributed by atoms with Gasteiger partial charge in [0.1, 0.15) is 17.1 Å². The molecule has 61 heavy (non-hydrogen) atoms. The lowest BCUT2D eigenvalue weighted by Gasteiger charge is -2.42. The highest BCUT2D eigenvalue weighted by molar-refractivity contribution is 6.99. The number of hydrogen-bond donors (Lipinski definition) is 0. The predicted octanol–water partition coefficient (Wildman–Crippen LogP) is 13.4. The maximum atomic E-state index is 7.30. The molecule has 0 spiro atoms. The average Bonchev–Trinajstić information content (AvgIpc) is 3.84. The molecular formula is C56H45BN2O2. The van der Waals surface area contributed by atoms with E-state index in [2.05, 4.69) is 201 Å². The van der Waals surface area contributed by atoms with Crippen LogP contribution in [0.25, 0.3) is 60.6 Å². The molecular weight excluding hydrogens is 743 g/mol. The van der Waals surface area contributed by atoms with E-state index in [1.807, 2.05) is 0 Å². The number of nitrogens with zero attached hydrogens (tertiary/aromatic N) is 2. The van der Waals surface area contributed by atoms with Gasteiger partial charge in [0.2, 0.25) is 0 Å². The lowest BCUT2D eigenvalue weighted by Crippen LogP contribution is -2.59. The predicted molar refractivity (Wildman–Crippen MR) is 257 cm³/mol. The molecule has 12 rings (SSSR count). The lowest BCUT2D eigenvalue weighted by atomic mass is 9.34. The lowest BCUT2D eigenvalue weighted by molar-refractivity contribution is 0.483. The van der Waals surface area contributed by atoms with Crippen LogP contribution >= 0.6 is 0 Å². The van der Waals surface area contributed by atoms with Gasteiger partial charge in [0.25, 0.3) is 6.71 Å². The Morgan fingerprint density at radius 2 is 1.30 bits per heavy atom. The van der Waals surface area contributed by atoms with Gasteiger partial charge in [-0.3, -0.25) is 0 Å². The van der Waals surface area contributed by atoms with E-state index in [9.17, 15) is 0 Å². The Labute approximate surface area is 356 Å². The minimum atomic E-state index is -0.144. The van der Waals surface area contributed by atoms with Gasteiger partial charge in [0.15, 0.2) is 5.58 Å². The van der Waals surface area contributed by atoms with Gasteiger partial charge in [-0.25, -0.2) is 0 Å². The molecule has 2 aliphatic heterocycles. The van der Waals surface area contributed by atoms with Crippen LogP contribution in [-0.4, -0.2) is 11.3 Å². The zero-order valence-electron chi connectivity index (χ0n) is 35.0. The van der Waals surface area contributed by atoms with Gasteiger partial charge in [-0.05, 0) is 99.4 Å². The summed E-state index contributed by atoms with van der Waals surface area (Å²) in [5.41, 5.74) is 17.1. The minimum Gasteiger partial charge on any atom is -0.458 e. The summed E-state index contributed by atoms with van der Waals surface area (Å²) in [6.07, 6.45) is 3.13. The molecule has 0 aliphatic carbocycles. The average molecular weight is 789 g/mol. The first-order valence-electron chi connectivity index (χ1n) is 21.8. The smallest absolute Gasteiger partial charge is 0.256 e. The van der Waals surface area contributed by atoms with Gasteiger partial charge in [-0.15, -0.1) is 0 Å². The Morgan fingerprint density at radius 3 is 2.05 bits per heavy atom. The number of aryl methyl sites for hydroxylation is 1. The largest absolute Gasteiger partial charge is 0.458 e. The summed E-state index contributed by atoms with van der Waals surface area (Å²) in [4.78, 5) is 2.53. The van der Waals surface area contributed by atoms with Crippen LogP contribution in [0.1, 0.15) is 51.7 Å².